The van der Waals surface area contributed by atoms with Crippen LogP contribution in [0.5, 0.6) is 0 Å². The third kappa shape index (κ3) is 4.88. The lowest BCUT2D eigenvalue weighted by atomic mass is 10.2. The van der Waals surface area contributed by atoms with E-state index in [2.05, 4.69) is 33.2 Å². The lowest BCUT2D eigenvalue weighted by Crippen LogP contribution is -2.35. The van der Waals surface area contributed by atoms with Crippen molar-refractivity contribution in [2.24, 2.45) is 0 Å². The van der Waals surface area contributed by atoms with Crippen molar-refractivity contribution >= 4 is 58.5 Å². The fourth-order valence-electron chi connectivity index (χ4n) is 3.07. The fraction of sp³-hybridized carbons (Fsp3) is 0.556. The minimum atomic E-state index is -3.47. The maximum atomic E-state index is 12.8. The molecule has 6 nitrogen and oxygen atoms in total. The van der Waals surface area contributed by atoms with Crippen LogP contribution in [-0.2, 0) is 14.8 Å². The summed E-state index contributed by atoms with van der Waals surface area (Å²) in [6.45, 7) is 3.24. The van der Waals surface area contributed by atoms with Gasteiger partial charge in [0.25, 0.3) is 0 Å². The minimum absolute atomic E-state index is 0.122. The summed E-state index contributed by atoms with van der Waals surface area (Å²) in [7, 11) is -3.47. The lowest BCUT2D eigenvalue weighted by molar-refractivity contribution is -0.115. The van der Waals surface area contributed by atoms with E-state index in [1.165, 1.54) is 11.3 Å². The quantitative estimate of drug-likeness (QED) is 0.605. The van der Waals surface area contributed by atoms with Crippen molar-refractivity contribution in [3.63, 3.8) is 0 Å². The fourth-order valence-corrected chi connectivity index (χ4v) is 6.04. The van der Waals surface area contributed by atoms with Crippen molar-refractivity contribution in [3.8, 4) is 0 Å². The molecular formula is C18H24BrN3O3S2. The number of carbonyl (C=O) groups is 1. The molecule has 1 aliphatic rings. The summed E-state index contributed by atoms with van der Waals surface area (Å²) < 4.78 is 28.0. The average molecular weight is 474 g/mol. The van der Waals surface area contributed by atoms with Crippen molar-refractivity contribution in [2.45, 2.75) is 55.2 Å². The molecule has 2 aromatic rings. The number of rotatable bonds is 7. The molecule has 1 aliphatic heterocycles. The molecule has 2 heterocycles. The van der Waals surface area contributed by atoms with E-state index in [1.54, 1.807) is 22.5 Å². The van der Waals surface area contributed by atoms with E-state index in [-0.39, 0.29) is 10.7 Å². The minimum Gasteiger partial charge on any atom is -0.301 e. The summed E-state index contributed by atoms with van der Waals surface area (Å²) >= 11 is 4.70. The Kier molecular flexibility index (Phi) is 6.88. The Labute approximate surface area is 172 Å². The number of alkyl halides is 1. The van der Waals surface area contributed by atoms with E-state index in [0.29, 0.717) is 28.6 Å². The Balaban J connectivity index is 1.77. The number of carbonyl (C=O) groups excluding carboxylic acids is 1. The van der Waals surface area contributed by atoms with Crippen LogP contribution in [0.2, 0.25) is 0 Å². The predicted octanol–water partition coefficient (Wildman–Crippen LogP) is 4.36. The maximum Gasteiger partial charge on any atom is 0.243 e. The summed E-state index contributed by atoms with van der Waals surface area (Å²) in [5.74, 6) is -0.122. The Morgan fingerprint density at radius 1 is 1.33 bits per heavy atom. The smallest absolute Gasteiger partial charge is 0.243 e. The summed E-state index contributed by atoms with van der Waals surface area (Å²) in [4.78, 5) is 16.7. The van der Waals surface area contributed by atoms with Gasteiger partial charge in [0.15, 0.2) is 5.13 Å². The molecule has 1 saturated heterocycles. The molecule has 0 aliphatic carbocycles. The van der Waals surface area contributed by atoms with Gasteiger partial charge in [-0.05, 0) is 37.5 Å². The molecule has 148 valence electrons. The molecule has 3 rings (SSSR count). The highest BCUT2D eigenvalue weighted by atomic mass is 79.9. The summed E-state index contributed by atoms with van der Waals surface area (Å²) in [5.41, 5.74) is 0.688. The number of halogens is 1. The van der Waals surface area contributed by atoms with Gasteiger partial charge in [-0.2, -0.15) is 4.31 Å². The van der Waals surface area contributed by atoms with Gasteiger partial charge in [-0.1, -0.05) is 53.5 Å². The number of unbranched alkanes of at least 4 members (excludes halogenated alkanes) is 1. The molecule has 1 N–H and O–H groups in total. The first-order valence-corrected chi connectivity index (χ1v) is 12.4. The zero-order valence-electron chi connectivity index (χ0n) is 15.3. The van der Waals surface area contributed by atoms with Crippen LogP contribution in [-0.4, -0.2) is 41.5 Å². The molecule has 0 spiro atoms. The van der Waals surface area contributed by atoms with Crippen LogP contribution >= 0.6 is 27.3 Å². The Morgan fingerprint density at radius 2 is 2.07 bits per heavy atom. The lowest BCUT2D eigenvalue weighted by Gasteiger charge is -2.25. The number of fused-ring (bicyclic) bond motifs is 1. The number of sulfonamides is 1. The number of nitrogens with zero attached hydrogens (tertiary/aromatic N) is 2. The van der Waals surface area contributed by atoms with Gasteiger partial charge in [0.2, 0.25) is 15.9 Å². The molecule has 27 heavy (non-hydrogen) atoms. The molecule has 9 heteroatoms. The molecule has 0 radical (unpaired) electrons. The average Bonchev–Trinajstić information content (AvgIpc) is 3.08. The van der Waals surface area contributed by atoms with E-state index in [4.69, 9.17) is 0 Å². The monoisotopic (exact) mass is 473 g/mol. The van der Waals surface area contributed by atoms with Gasteiger partial charge in [-0.25, -0.2) is 13.4 Å². The topological polar surface area (TPSA) is 79.4 Å². The predicted molar refractivity (Wildman–Crippen MR) is 113 cm³/mol. The Morgan fingerprint density at radius 3 is 2.78 bits per heavy atom. The number of hydrogen-bond acceptors (Lipinski definition) is 5. The number of aromatic nitrogens is 1. The van der Waals surface area contributed by atoms with Crippen molar-refractivity contribution in [1.82, 2.24) is 9.29 Å². The van der Waals surface area contributed by atoms with Gasteiger partial charge < -0.3 is 5.32 Å². The standard InChI is InChI=1S/C18H24BrN3O3S2/c1-2-3-7-14(19)17(23)21-18-20-15-9-8-13(12-16(15)26-18)27(24,25)22-10-5-4-6-11-22/h8-9,12,14H,2-7,10-11H2,1H3,(H,20,21,23). The van der Waals surface area contributed by atoms with E-state index < -0.39 is 10.0 Å². The molecule has 1 amide bonds. The molecule has 1 aromatic heterocycles. The molecular weight excluding hydrogens is 450 g/mol. The van der Waals surface area contributed by atoms with Crippen molar-refractivity contribution in [3.05, 3.63) is 18.2 Å². The van der Waals surface area contributed by atoms with E-state index in [9.17, 15) is 13.2 Å². The Bertz CT molecular complexity index is 908. The number of amides is 1. The Hall–Kier alpha value is -1.03. The molecule has 1 unspecified atom stereocenters. The third-order valence-corrected chi connectivity index (χ3v) is 8.34. The zero-order valence-corrected chi connectivity index (χ0v) is 18.5. The number of nitrogens with one attached hydrogen (secondary N) is 1. The second kappa shape index (κ2) is 8.98. The van der Waals surface area contributed by atoms with E-state index >= 15 is 0 Å². The summed E-state index contributed by atoms with van der Waals surface area (Å²) in [6.07, 6.45) is 5.67. The van der Waals surface area contributed by atoms with E-state index in [0.717, 1.165) is 43.2 Å². The van der Waals surface area contributed by atoms with Crippen LogP contribution in [0.15, 0.2) is 23.1 Å². The number of piperidine rings is 1. The van der Waals surface area contributed by atoms with Crippen LogP contribution < -0.4 is 5.32 Å². The zero-order chi connectivity index (χ0) is 19.4. The second-order valence-electron chi connectivity index (χ2n) is 6.71. The van der Waals surface area contributed by atoms with Crippen LogP contribution in [0.3, 0.4) is 0 Å². The largest absolute Gasteiger partial charge is 0.301 e. The first-order chi connectivity index (χ1) is 12.9. The van der Waals surface area contributed by atoms with Crippen LogP contribution in [0.25, 0.3) is 10.2 Å². The molecule has 1 aromatic carbocycles. The van der Waals surface area contributed by atoms with Crippen molar-refractivity contribution in [1.29, 1.82) is 0 Å². The number of anilines is 1. The van der Waals surface area contributed by atoms with Gasteiger partial charge >= 0.3 is 0 Å². The second-order valence-corrected chi connectivity index (χ2v) is 10.8. The van der Waals surface area contributed by atoms with Crippen molar-refractivity contribution < 1.29 is 13.2 Å². The summed E-state index contributed by atoms with van der Waals surface area (Å²) in [6, 6.07) is 4.97. The highest BCUT2D eigenvalue weighted by Crippen LogP contribution is 2.30. The van der Waals surface area contributed by atoms with Gasteiger partial charge in [0.05, 0.1) is 19.9 Å². The van der Waals surface area contributed by atoms with Gasteiger partial charge in [-0.3, -0.25) is 4.79 Å². The van der Waals surface area contributed by atoms with Crippen LogP contribution in [0, 0.1) is 0 Å². The van der Waals surface area contributed by atoms with Gasteiger partial charge in [0.1, 0.15) is 0 Å². The maximum absolute atomic E-state index is 12.8. The van der Waals surface area contributed by atoms with Gasteiger partial charge in [0, 0.05) is 13.1 Å². The highest BCUT2D eigenvalue weighted by Gasteiger charge is 2.26. The molecule has 1 fully saturated rings. The van der Waals surface area contributed by atoms with Gasteiger partial charge in [-0.15, -0.1) is 0 Å². The molecule has 0 saturated carbocycles. The van der Waals surface area contributed by atoms with E-state index in [1.807, 2.05) is 0 Å². The molecule has 1 atom stereocenters. The molecule has 0 bridgehead atoms. The summed E-state index contributed by atoms with van der Waals surface area (Å²) in [5, 5.41) is 3.31. The van der Waals surface area contributed by atoms with Crippen molar-refractivity contribution in [2.75, 3.05) is 18.4 Å². The first-order valence-electron chi connectivity index (χ1n) is 9.27. The van der Waals surface area contributed by atoms with Crippen LogP contribution in [0.4, 0.5) is 5.13 Å². The number of thiazole rings is 1. The first kappa shape index (κ1) is 20.7. The third-order valence-electron chi connectivity index (χ3n) is 4.64. The number of hydrogen-bond donors (Lipinski definition) is 1. The normalized spacial score (nSPS) is 17.1. The van der Waals surface area contributed by atoms with Crippen LogP contribution in [0.1, 0.15) is 45.4 Å². The highest BCUT2D eigenvalue weighted by molar-refractivity contribution is 9.10. The number of benzene rings is 1. The SMILES string of the molecule is CCCCC(Br)C(=O)Nc1nc2ccc(S(=O)(=O)N3CCCCC3)cc2s1.